The summed E-state index contributed by atoms with van der Waals surface area (Å²) in [6.45, 7) is 1.63. The van der Waals surface area contributed by atoms with Crippen molar-refractivity contribution in [3.05, 3.63) is 35.1 Å². The van der Waals surface area contributed by atoms with Gasteiger partial charge >= 0.3 is 0 Å². The molecule has 0 heterocycles. The number of rotatable bonds is 2. The Morgan fingerprint density at radius 1 is 1.58 bits per heavy atom. The van der Waals surface area contributed by atoms with Crippen LogP contribution in [0.15, 0.2) is 18.2 Å². The first-order valence-electron chi connectivity index (χ1n) is 3.40. The molecule has 0 fully saturated rings. The van der Waals surface area contributed by atoms with E-state index >= 15 is 0 Å². The molecule has 1 unspecified atom stereocenters. The van der Waals surface area contributed by atoms with Crippen LogP contribution in [0.1, 0.15) is 11.1 Å². The summed E-state index contributed by atoms with van der Waals surface area (Å²) in [5, 5.41) is 0. The van der Waals surface area contributed by atoms with E-state index in [4.69, 9.17) is 0 Å². The molecule has 0 N–H and O–H groups in total. The fraction of sp³-hybridized carbons (Fsp3) is 0.250. The highest BCUT2D eigenvalue weighted by molar-refractivity contribution is 7.78. The number of halogens is 1. The second kappa shape index (κ2) is 3.78. The minimum Gasteiger partial charge on any atom is -0.772 e. The van der Waals surface area contributed by atoms with E-state index in [1.807, 2.05) is 0 Å². The van der Waals surface area contributed by atoms with Gasteiger partial charge in [0.05, 0.1) is 0 Å². The molecule has 0 aliphatic carbocycles. The number of hydrogen-bond acceptors (Lipinski definition) is 2. The quantitative estimate of drug-likeness (QED) is 0.658. The van der Waals surface area contributed by atoms with Crippen LogP contribution >= 0.6 is 0 Å². The predicted octanol–water partition coefficient (Wildman–Crippen LogP) is 1.51. The molecule has 1 atom stereocenters. The highest BCUT2D eigenvalue weighted by Gasteiger charge is 1.98. The van der Waals surface area contributed by atoms with Gasteiger partial charge in [-0.25, -0.2) is 4.39 Å². The van der Waals surface area contributed by atoms with Gasteiger partial charge in [0.1, 0.15) is 5.82 Å². The van der Waals surface area contributed by atoms with Crippen LogP contribution in [0.2, 0.25) is 0 Å². The molecule has 0 aliphatic rings. The van der Waals surface area contributed by atoms with Gasteiger partial charge in [-0.15, -0.1) is 0 Å². The van der Waals surface area contributed by atoms with Gasteiger partial charge in [-0.3, -0.25) is 4.21 Å². The fourth-order valence-electron chi connectivity index (χ4n) is 0.862. The third-order valence-electron chi connectivity index (χ3n) is 1.52. The van der Waals surface area contributed by atoms with Crippen molar-refractivity contribution in [2.45, 2.75) is 12.7 Å². The highest BCUT2D eigenvalue weighted by Crippen LogP contribution is 2.10. The van der Waals surface area contributed by atoms with E-state index in [0.717, 1.165) is 0 Å². The minimum atomic E-state index is -2.15. The molecule has 0 spiro atoms. The van der Waals surface area contributed by atoms with E-state index in [-0.39, 0.29) is 11.6 Å². The first kappa shape index (κ1) is 9.35. The average molecular weight is 187 g/mol. The summed E-state index contributed by atoms with van der Waals surface area (Å²) in [5.74, 6) is -0.491. The zero-order valence-corrected chi connectivity index (χ0v) is 7.36. The number of benzene rings is 1. The Bertz CT molecular complexity index is 312. The van der Waals surface area contributed by atoms with Crippen molar-refractivity contribution in [1.82, 2.24) is 0 Å². The van der Waals surface area contributed by atoms with E-state index in [1.54, 1.807) is 19.1 Å². The van der Waals surface area contributed by atoms with E-state index < -0.39 is 11.1 Å². The van der Waals surface area contributed by atoms with Gasteiger partial charge in [0, 0.05) is 5.75 Å². The van der Waals surface area contributed by atoms with Crippen LogP contribution in [-0.2, 0) is 16.8 Å². The lowest BCUT2D eigenvalue weighted by molar-refractivity contribution is 0.536. The highest BCUT2D eigenvalue weighted by atomic mass is 32.2. The van der Waals surface area contributed by atoms with Crippen LogP contribution in [0.5, 0.6) is 0 Å². The Labute approximate surface area is 72.7 Å². The molecule has 0 radical (unpaired) electrons. The standard InChI is InChI=1S/C8H9FO2S/c1-6-2-3-7(4-8(6)9)5-12(10)11/h2-4H,5H2,1H3,(H,10,11)/p-1. The SMILES string of the molecule is Cc1ccc(CS(=O)[O-])cc1F. The van der Waals surface area contributed by atoms with Crippen molar-refractivity contribution in [1.29, 1.82) is 0 Å². The summed E-state index contributed by atoms with van der Waals surface area (Å²) in [4.78, 5) is 0. The largest absolute Gasteiger partial charge is 0.772 e. The van der Waals surface area contributed by atoms with Gasteiger partial charge in [0.15, 0.2) is 0 Å². The fourth-order valence-corrected chi connectivity index (χ4v) is 1.31. The molecule has 0 aliphatic heterocycles. The molecule has 0 aromatic heterocycles. The molecule has 1 aromatic carbocycles. The molecule has 66 valence electrons. The summed E-state index contributed by atoms with van der Waals surface area (Å²) in [6, 6.07) is 4.41. The smallest absolute Gasteiger partial charge is 0.126 e. The second-order valence-electron chi connectivity index (χ2n) is 2.53. The molecule has 1 rings (SSSR count). The predicted molar refractivity (Wildman–Crippen MR) is 43.8 cm³/mol. The van der Waals surface area contributed by atoms with Gasteiger partial charge in [-0.1, -0.05) is 23.2 Å². The molecule has 4 heteroatoms. The zero-order chi connectivity index (χ0) is 9.14. The van der Waals surface area contributed by atoms with Gasteiger partial charge < -0.3 is 4.55 Å². The Morgan fingerprint density at radius 3 is 2.75 bits per heavy atom. The summed E-state index contributed by atoms with van der Waals surface area (Å²) >= 11 is -2.15. The van der Waals surface area contributed by atoms with Crippen molar-refractivity contribution < 1.29 is 13.2 Å². The lowest BCUT2D eigenvalue weighted by Crippen LogP contribution is -1.94. The molecule has 0 amide bonds. The van der Waals surface area contributed by atoms with Gasteiger partial charge in [-0.2, -0.15) is 0 Å². The number of aryl methyl sites for hydroxylation is 1. The number of hydrogen-bond donors (Lipinski definition) is 0. The van der Waals surface area contributed by atoms with Crippen LogP contribution in [0.25, 0.3) is 0 Å². The maximum Gasteiger partial charge on any atom is 0.126 e. The van der Waals surface area contributed by atoms with E-state index in [1.165, 1.54) is 6.07 Å². The van der Waals surface area contributed by atoms with Crippen LogP contribution in [-0.4, -0.2) is 8.76 Å². The maximum atomic E-state index is 12.8. The van der Waals surface area contributed by atoms with Crippen molar-refractivity contribution in [2.75, 3.05) is 0 Å². The third kappa shape index (κ3) is 2.39. The molecule has 0 bridgehead atoms. The monoisotopic (exact) mass is 187 g/mol. The first-order valence-corrected chi connectivity index (χ1v) is 4.65. The van der Waals surface area contributed by atoms with E-state index in [0.29, 0.717) is 11.1 Å². The van der Waals surface area contributed by atoms with Crippen LogP contribution in [0.3, 0.4) is 0 Å². The summed E-state index contributed by atoms with van der Waals surface area (Å²) < 4.78 is 33.3. The molecule has 12 heavy (non-hydrogen) atoms. The molecule has 0 saturated heterocycles. The molecule has 1 aromatic rings. The van der Waals surface area contributed by atoms with Crippen LogP contribution < -0.4 is 0 Å². The Balaban J connectivity index is 2.89. The average Bonchev–Trinajstić information content (AvgIpc) is 1.96. The maximum absolute atomic E-state index is 12.8. The zero-order valence-electron chi connectivity index (χ0n) is 6.54. The third-order valence-corrected chi connectivity index (χ3v) is 2.09. The second-order valence-corrected chi connectivity index (χ2v) is 3.43. The van der Waals surface area contributed by atoms with Crippen molar-refractivity contribution >= 4 is 11.1 Å². The minimum absolute atomic E-state index is 0.128. The lowest BCUT2D eigenvalue weighted by Gasteiger charge is -2.05. The Hall–Kier alpha value is -0.740. The van der Waals surface area contributed by atoms with Crippen molar-refractivity contribution in [2.24, 2.45) is 0 Å². The summed E-state index contributed by atoms with van der Waals surface area (Å²) in [5.41, 5.74) is 1.00. The topological polar surface area (TPSA) is 40.1 Å². The Morgan fingerprint density at radius 2 is 2.25 bits per heavy atom. The van der Waals surface area contributed by atoms with E-state index in [2.05, 4.69) is 0 Å². The van der Waals surface area contributed by atoms with Gasteiger partial charge in [-0.05, 0) is 24.1 Å². The van der Waals surface area contributed by atoms with Crippen molar-refractivity contribution in [3.63, 3.8) is 0 Å². The lowest BCUT2D eigenvalue weighted by atomic mass is 10.2. The molecule has 0 saturated carbocycles. The van der Waals surface area contributed by atoms with Gasteiger partial charge in [0.2, 0.25) is 0 Å². The molecular formula is C8H8FO2S-. The summed E-state index contributed by atoms with van der Waals surface area (Å²) in [6.07, 6.45) is 0. The Kier molecular flexibility index (Phi) is 2.94. The van der Waals surface area contributed by atoms with Crippen LogP contribution in [0, 0.1) is 12.7 Å². The molecular weight excluding hydrogens is 179 g/mol. The summed E-state index contributed by atoms with van der Waals surface area (Å²) in [7, 11) is 0. The van der Waals surface area contributed by atoms with E-state index in [9.17, 15) is 13.2 Å². The van der Waals surface area contributed by atoms with Gasteiger partial charge in [0.25, 0.3) is 0 Å². The van der Waals surface area contributed by atoms with Crippen molar-refractivity contribution in [3.8, 4) is 0 Å². The normalized spacial score (nSPS) is 12.9. The van der Waals surface area contributed by atoms with Crippen LogP contribution in [0.4, 0.5) is 4.39 Å². The molecule has 2 nitrogen and oxygen atoms in total. The first-order chi connectivity index (χ1) is 5.59.